The van der Waals surface area contributed by atoms with Crippen LogP contribution in [0.4, 0.5) is 0 Å². The molecule has 1 N–H and O–H groups in total. The number of benzene rings is 1. The van der Waals surface area contributed by atoms with Crippen LogP contribution >= 0.6 is 15.9 Å². The van der Waals surface area contributed by atoms with E-state index >= 15 is 0 Å². The van der Waals surface area contributed by atoms with Gasteiger partial charge < -0.3 is 10.1 Å². The minimum Gasteiger partial charge on any atom is -0.439 e. The summed E-state index contributed by atoms with van der Waals surface area (Å²) in [7, 11) is 0. The van der Waals surface area contributed by atoms with E-state index < -0.39 is 0 Å². The highest BCUT2D eigenvalue weighted by molar-refractivity contribution is 9.10. The fraction of sp³-hybridized carbons (Fsp3) is 0.312. The van der Waals surface area contributed by atoms with Crippen molar-refractivity contribution in [2.45, 2.75) is 27.3 Å². The Morgan fingerprint density at radius 1 is 1.20 bits per heavy atom. The van der Waals surface area contributed by atoms with Gasteiger partial charge in [-0.05, 0) is 43.7 Å². The highest BCUT2D eigenvalue weighted by Crippen LogP contribution is 2.27. The van der Waals surface area contributed by atoms with Gasteiger partial charge in [0.25, 0.3) is 0 Å². The van der Waals surface area contributed by atoms with Crippen LogP contribution in [-0.2, 0) is 6.54 Å². The van der Waals surface area contributed by atoms with Gasteiger partial charge in [-0.1, -0.05) is 35.0 Å². The molecule has 2 rings (SSSR count). The number of nitrogens with one attached hydrogen (secondary N) is 1. The third-order valence-corrected chi connectivity index (χ3v) is 3.59. The lowest BCUT2D eigenvalue weighted by atomic mass is 10.2. The van der Waals surface area contributed by atoms with Crippen molar-refractivity contribution in [2.24, 2.45) is 0 Å². The molecule has 0 spiro atoms. The lowest BCUT2D eigenvalue weighted by Crippen LogP contribution is -2.13. The second-order valence-electron chi connectivity index (χ2n) is 4.69. The SMILES string of the molecule is CCNCc1ccc(Oc2cc(Br)ccc2C)nc1C. The molecule has 106 valence electrons. The van der Waals surface area contributed by atoms with Crippen molar-refractivity contribution in [1.29, 1.82) is 0 Å². The van der Waals surface area contributed by atoms with Gasteiger partial charge in [0.05, 0.1) is 0 Å². The smallest absolute Gasteiger partial charge is 0.219 e. The molecule has 1 aromatic carbocycles. The number of ether oxygens (including phenoxy) is 1. The van der Waals surface area contributed by atoms with Gasteiger partial charge in [0.2, 0.25) is 5.88 Å². The molecule has 0 bridgehead atoms. The average Bonchev–Trinajstić information content (AvgIpc) is 2.42. The molecule has 4 heteroatoms. The molecule has 0 fully saturated rings. The minimum atomic E-state index is 0.629. The maximum absolute atomic E-state index is 5.87. The molecule has 0 aliphatic rings. The maximum Gasteiger partial charge on any atom is 0.219 e. The van der Waals surface area contributed by atoms with Gasteiger partial charge in [-0.25, -0.2) is 4.98 Å². The number of aromatic nitrogens is 1. The summed E-state index contributed by atoms with van der Waals surface area (Å²) in [5.41, 5.74) is 3.28. The lowest BCUT2D eigenvalue weighted by Gasteiger charge is -2.11. The summed E-state index contributed by atoms with van der Waals surface area (Å²) < 4.78 is 6.87. The van der Waals surface area contributed by atoms with Crippen molar-refractivity contribution in [3.63, 3.8) is 0 Å². The number of halogens is 1. The van der Waals surface area contributed by atoms with Crippen LogP contribution in [0.1, 0.15) is 23.7 Å². The van der Waals surface area contributed by atoms with Gasteiger partial charge in [-0.3, -0.25) is 0 Å². The van der Waals surface area contributed by atoms with Crippen molar-refractivity contribution in [3.8, 4) is 11.6 Å². The van der Waals surface area contributed by atoms with Crippen molar-refractivity contribution < 1.29 is 4.74 Å². The first-order valence-electron chi connectivity index (χ1n) is 6.71. The topological polar surface area (TPSA) is 34.1 Å². The largest absolute Gasteiger partial charge is 0.439 e. The zero-order valence-electron chi connectivity index (χ0n) is 12.0. The summed E-state index contributed by atoms with van der Waals surface area (Å²) in [5.74, 6) is 1.45. The van der Waals surface area contributed by atoms with E-state index in [0.29, 0.717) is 5.88 Å². The summed E-state index contributed by atoms with van der Waals surface area (Å²) in [5, 5.41) is 3.30. The number of rotatable bonds is 5. The van der Waals surface area contributed by atoms with Crippen molar-refractivity contribution in [1.82, 2.24) is 10.3 Å². The molecule has 0 radical (unpaired) electrons. The second-order valence-corrected chi connectivity index (χ2v) is 5.60. The van der Waals surface area contributed by atoms with Crippen molar-refractivity contribution >= 4 is 15.9 Å². The zero-order chi connectivity index (χ0) is 14.5. The second kappa shape index (κ2) is 6.86. The molecule has 0 amide bonds. The van der Waals surface area contributed by atoms with Crippen LogP contribution < -0.4 is 10.1 Å². The molecule has 2 aromatic rings. The fourth-order valence-electron chi connectivity index (χ4n) is 1.87. The first-order valence-corrected chi connectivity index (χ1v) is 7.50. The summed E-state index contributed by atoms with van der Waals surface area (Å²) in [6, 6.07) is 9.96. The van der Waals surface area contributed by atoms with Gasteiger partial charge in [0.1, 0.15) is 5.75 Å². The van der Waals surface area contributed by atoms with Crippen LogP contribution in [0.3, 0.4) is 0 Å². The molecule has 1 aromatic heterocycles. The monoisotopic (exact) mass is 334 g/mol. The molecule has 0 unspecified atom stereocenters. The van der Waals surface area contributed by atoms with Gasteiger partial charge in [-0.2, -0.15) is 0 Å². The predicted octanol–water partition coefficient (Wildman–Crippen LogP) is 4.36. The zero-order valence-corrected chi connectivity index (χ0v) is 13.6. The van der Waals surface area contributed by atoms with E-state index in [0.717, 1.165) is 34.6 Å². The van der Waals surface area contributed by atoms with Crippen LogP contribution in [0.25, 0.3) is 0 Å². The molecule has 0 atom stereocenters. The summed E-state index contributed by atoms with van der Waals surface area (Å²) in [6.45, 7) is 7.91. The Morgan fingerprint density at radius 3 is 2.70 bits per heavy atom. The Balaban J connectivity index is 2.17. The summed E-state index contributed by atoms with van der Waals surface area (Å²) in [4.78, 5) is 4.51. The molecule has 20 heavy (non-hydrogen) atoms. The fourth-order valence-corrected chi connectivity index (χ4v) is 2.21. The Kier molecular flexibility index (Phi) is 5.15. The molecule has 1 heterocycles. The third kappa shape index (κ3) is 3.81. The lowest BCUT2D eigenvalue weighted by molar-refractivity contribution is 0.457. The predicted molar refractivity (Wildman–Crippen MR) is 85.3 cm³/mol. The normalized spacial score (nSPS) is 10.6. The highest BCUT2D eigenvalue weighted by Gasteiger charge is 2.06. The highest BCUT2D eigenvalue weighted by atomic mass is 79.9. The number of hydrogen-bond acceptors (Lipinski definition) is 3. The molecule has 0 aliphatic heterocycles. The average molecular weight is 335 g/mol. The van der Waals surface area contributed by atoms with Crippen molar-refractivity contribution in [2.75, 3.05) is 6.54 Å². The first-order chi connectivity index (χ1) is 9.60. The van der Waals surface area contributed by atoms with Crippen LogP contribution in [0.15, 0.2) is 34.8 Å². The number of nitrogens with zero attached hydrogens (tertiary/aromatic N) is 1. The van der Waals surface area contributed by atoms with E-state index in [4.69, 9.17) is 4.74 Å². The molecule has 0 saturated heterocycles. The minimum absolute atomic E-state index is 0.629. The van der Waals surface area contributed by atoms with Gasteiger partial charge in [0, 0.05) is 22.8 Å². The van der Waals surface area contributed by atoms with Crippen LogP contribution in [-0.4, -0.2) is 11.5 Å². The number of aryl methyl sites for hydroxylation is 2. The quantitative estimate of drug-likeness (QED) is 0.881. The molecule has 3 nitrogen and oxygen atoms in total. The van der Waals surface area contributed by atoms with E-state index in [1.807, 2.05) is 38.1 Å². The van der Waals surface area contributed by atoms with Crippen LogP contribution in [0.5, 0.6) is 11.6 Å². The number of hydrogen-bond donors (Lipinski definition) is 1. The Hall–Kier alpha value is -1.39. The summed E-state index contributed by atoms with van der Waals surface area (Å²) in [6.07, 6.45) is 0. The molecular formula is C16H19BrN2O. The first kappa shape index (κ1) is 15.0. The van der Waals surface area contributed by atoms with Crippen LogP contribution in [0.2, 0.25) is 0 Å². The molecule has 0 aliphatic carbocycles. The van der Waals surface area contributed by atoms with E-state index in [1.54, 1.807) is 0 Å². The standard InChI is InChI=1S/C16H19BrN2O/c1-4-18-10-13-6-8-16(19-12(13)3)20-15-9-14(17)7-5-11(15)2/h5-9,18H,4,10H2,1-3H3. The van der Waals surface area contributed by atoms with Gasteiger partial charge >= 0.3 is 0 Å². The van der Waals surface area contributed by atoms with E-state index in [2.05, 4.69) is 39.2 Å². The Bertz CT molecular complexity index is 599. The Labute approximate surface area is 128 Å². The van der Waals surface area contributed by atoms with Gasteiger partial charge in [0.15, 0.2) is 0 Å². The van der Waals surface area contributed by atoms with E-state index in [9.17, 15) is 0 Å². The van der Waals surface area contributed by atoms with Crippen LogP contribution in [0, 0.1) is 13.8 Å². The molecule has 0 saturated carbocycles. The Morgan fingerprint density at radius 2 is 2.00 bits per heavy atom. The molecular weight excluding hydrogens is 316 g/mol. The third-order valence-electron chi connectivity index (χ3n) is 3.10. The van der Waals surface area contributed by atoms with Gasteiger partial charge in [-0.15, -0.1) is 0 Å². The number of pyridine rings is 1. The maximum atomic E-state index is 5.87. The summed E-state index contributed by atoms with van der Waals surface area (Å²) >= 11 is 3.46. The van der Waals surface area contributed by atoms with E-state index in [-0.39, 0.29) is 0 Å². The van der Waals surface area contributed by atoms with E-state index in [1.165, 1.54) is 5.56 Å². The van der Waals surface area contributed by atoms with Crippen molar-refractivity contribution in [3.05, 3.63) is 51.6 Å².